The lowest BCUT2D eigenvalue weighted by Crippen LogP contribution is -2.48. The molecule has 0 radical (unpaired) electrons. The Morgan fingerprint density at radius 3 is 2.34 bits per heavy atom. The molecule has 1 aromatic carbocycles. The van der Waals surface area contributed by atoms with Gasteiger partial charge in [-0.15, -0.1) is 0 Å². The number of non-ortho nitro benzene ring substituents is 1. The Bertz CT molecular complexity index is 808. The number of benzene rings is 1. The van der Waals surface area contributed by atoms with E-state index in [1.807, 2.05) is 4.90 Å². The molecule has 0 bridgehead atoms. The average molecular weight is 445 g/mol. The fraction of sp³-hybridized carbons (Fsp3) is 0.708. The summed E-state index contributed by atoms with van der Waals surface area (Å²) in [6, 6.07) is 4.77. The van der Waals surface area contributed by atoms with Crippen molar-refractivity contribution in [3.05, 3.63) is 33.9 Å². The molecule has 0 aliphatic carbocycles. The van der Waals surface area contributed by atoms with Crippen LogP contribution in [0.1, 0.15) is 56.3 Å². The molecule has 1 amide bonds. The summed E-state index contributed by atoms with van der Waals surface area (Å²) in [6.45, 7) is 10.5. The fourth-order valence-corrected chi connectivity index (χ4v) is 5.51. The van der Waals surface area contributed by atoms with E-state index in [0.717, 1.165) is 64.1 Å². The summed E-state index contributed by atoms with van der Waals surface area (Å²) in [5.41, 5.74) is 1.31. The Kier molecular flexibility index (Phi) is 7.30. The summed E-state index contributed by atoms with van der Waals surface area (Å²) in [5, 5.41) is 11.4. The van der Waals surface area contributed by atoms with Gasteiger partial charge < -0.3 is 14.5 Å². The molecule has 8 nitrogen and oxygen atoms in total. The third-order valence-electron chi connectivity index (χ3n) is 7.03. The second-order valence-electron chi connectivity index (χ2n) is 9.72. The van der Waals surface area contributed by atoms with Gasteiger partial charge in [0.1, 0.15) is 0 Å². The number of morpholine rings is 1. The Balaban J connectivity index is 1.42. The molecule has 0 saturated carbocycles. The molecule has 32 heavy (non-hydrogen) atoms. The highest BCUT2D eigenvalue weighted by Gasteiger charge is 2.30. The maximum Gasteiger partial charge on any atom is 0.270 e. The summed E-state index contributed by atoms with van der Waals surface area (Å²) < 4.78 is 5.84. The van der Waals surface area contributed by atoms with Gasteiger partial charge in [0.25, 0.3) is 11.6 Å². The fourth-order valence-electron chi connectivity index (χ4n) is 5.51. The van der Waals surface area contributed by atoms with Crippen molar-refractivity contribution < 1.29 is 14.5 Å². The molecule has 176 valence electrons. The van der Waals surface area contributed by atoms with E-state index in [2.05, 4.69) is 23.6 Å². The van der Waals surface area contributed by atoms with Crippen LogP contribution >= 0.6 is 0 Å². The van der Waals surface area contributed by atoms with Crippen LogP contribution in [0, 0.1) is 16.0 Å². The SMILES string of the molecule is CC1CN(CC2CCN(C(=O)c3cc([N+](=O)[O-])ccc3N3CCCCC3)CC2)CC(C)O1. The van der Waals surface area contributed by atoms with Gasteiger partial charge in [-0.25, -0.2) is 0 Å². The highest BCUT2D eigenvalue weighted by Crippen LogP contribution is 2.30. The summed E-state index contributed by atoms with van der Waals surface area (Å²) in [4.78, 5) is 31.0. The van der Waals surface area contributed by atoms with Gasteiger partial charge in [0.2, 0.25) is 0 Å². The van der Waals surface area contributed by atoms with Crippen LogP contribution in [0.4, 0.5) is 11.4 Å². The van der Waals surface area contributed by atoms with Crippen LogP contribution in [0.5, 0.6) is 0 Å². The van der Waals surface area contributed by atoms with E-state index in [-0.39, 0.29) is 23.8 Å². The molecule has 3 aliphatic heterocycles. The second kappa shape index (κ2) is 10.2. The smallest absolute Gasteiger partial charge is 0.270 e. The highest BCUT2D eigenvalue weighted by molar-refractivity contribution is 6.00. The molecule has 0 spiro atoms. The Morgan fingerprint density at radius 2 is 1.72 bits per heavy atom. The first-order chi connectivity index (χ1) is 15.4. The molecule has 4 rings (SSSR count). The van der Waals surface area contributed by atoms with E-state index >= 15 is 0 Å². The second-order valence-corrected chi connectivity index (χ2v) is 9.72. The van der Waals surface area contributed by atoms with Crippen LogP contribution in [0.25, 0.3) is 0 Å². The predicted molar refractivity (Wildman–Crippen MR) is 124 cm³/mol. The van der Waals surface area contributed by atoms with Crippen molar-refractivity contribution in [2.75, 3.05) is 50.7 Å². The number of hydrogen-bond donors (Lipinski definition) is 0. The average Bonchev–Trinajstić information content (AvgIpc) is 2.78. The van der Waals surface area contributed by atoms with E-state index < -0.39 is 4.92 Å². The van der Waals surface area contributed by atoms with Crippen LogP contribution in [0.2, 0.25) is 0 Å². The van der Waals surface area contributed by atoms with E-state index in [1.165, 1.54) is 18.6 Å². The number of likely N-dealkylation sites (tertiary alicyclic amines) is 1. The lowest BCUT2D eigenvalue weighted by atomic mass is 9.94. The van der Waals surface area contributed by atoms with Crippen LogP contribution in [-0.4, -0.2) is 78.7 Å². The minimum absolute atomic E-state index is 0.0143. The maximum atomic E-state index is 13.5. The number of ether oxygens (including phenoxy) is 1. The van der Waals surface area contributed by atoms with Gasteiger partial charge in [0.05, 0.1) is 28.4 Å². The Hall–Kier alpha value is -2.19. The predicted octanol–water partition coefficient (Wildman–Crippen LogP) is 3.55. The third-order valence-corrected chi connectivity index (χ3v) is 7.03. The summed E-state index contributed by atoms with van der Waals surface area (Å²) in [5.74, 6) is 0.504. The third kappa shape index (κ3) is 5.41. The molecule has 2 unspecified atom stereocenters. The molecule has 0 aromatic heterocycles. The lowest BCUT2D eigenvalue weighted by molar-refractivity contribution is -0.384. The van der Waals surface area contributed by atoms with Gasteiger partial charge in [0, 0.05) is 57.9 Å². The van der Waals surface area contributed by atoms with Crippen molar-refractivity contribution in [3.63, 3.8) is 0 Å². The number of amides is 1. The lowest BCUT2D eigenvalue weighted by Gasteiger charge is -2.39. The Labute approximate surface area is 190 Å². The van der Waals surface area contributed by atoms with Crippen molar-refractivity contribution >= 4 is 17.3 Å². The number of nitro benzene ring substituents is 1. The normalized spacial score (nSPS) is 25.7. The largest absolute Gasteiger partial charge is 0.373 e. The molecule has 3 heterocycles. The van der Waals surface area contributed by atoms with Gasteiger partial charge in [0.15, 0.2) is 0 Å². The van der Waals surface area contributed by atoms with Crippen LogP contribution in [-0.2, 0) is 4.74 Å². The van der Waals surface area contributed by atoms with Crippen LogP contribution in [0.3, 0.4) is 0 Å². The molecule has 3 saturated heterocycles. The van der Waals surface area contributed by atoms with E-state index in [4.69, 9.17) is 4.74 Å². The molecular formula is C24H36N4O4. The van der Waals surface area contributed by atoms with Crippen molar-refractivity contribution in [1.29, 1.82) is 0 Å². The number of hydrogen-bond acceptors (Lipinski definition) is 6. The first-order valence-corrected chi connectivity index (χ1v) is 12.1. The van der Waals surface area contributed by atoms with Gasteiger partial charge in [-0.1, -0.05) is 0 Å². The van der Waals surface area contributed by atoms with Gasteiger partial charge in [-0.2, -0.15) is 0 Å². The maximum absolute atomic E-state index is 13.5. The van der Waals surface area contributed by atoms with E-state index in [1.54, 1.807) is 6.07 Å². The topological polar surface area (TPSA) is 79.2 Å². The standard InChI is InChI=1S/C24H36N4O4/c1-18-15-25(16-19(2)32-18)17-20-8-12-27(13-9-20)24(29)22-14-21(28(30)31)6-7-23(22)26-10-4-3-5-11-26/h6-7,14,18-20H,3-5,8-13,15-17H2,1-2H3. The van der Waals surface area contributed by atoms with Crippen molar-refractivity contribution in [2.45, 2.75) is 58.2 Å². The first kappa shape index (κ1) is 23.0. The first-order valence-electron chi connectivity index (χ1n) is 12.1. The van der Waals surface area contributed by atoms with Gasteiger partial charge in [-0.3, -0.25) is 19.8 Å². The molecule has 3 aliphatic rings. The number of nitrogens with zero attached hydrogens (tertiary/aromatic N) is 4. The van der Waals surface area contributed by atoms with Crippen LogP contribution < -0.4 is 4.90 Å². The molecule has 1 aromatic rings. The quantitative estimate of drug-likeness (QED) is 0.511. The number of anilines is 1. The number of carbonyl (C=O) groups is 1. The van der Waals surface area contributed by atoms with Gasteiger partial charge in [-0.05, 0) is 57.9 Å². The zero-order valence-corrected chi connectivity index (χ0v) is 19.4. The molecule has 8 heteroatoms. The zero-order chi connectivity index (χ0) is 22.7. The van der Waals surface area contributed by atoms with Crippen molar-refractivity contribution in [2.24, 2.45) is 5.92 Å². The van der Waals surface area contributed by atoms with Crippen molar-refractivity contribution in [3.8, 4) is 0 Å². The monoisotopic (exact) mass is 444 g/mol. The molecule has 3 fully saturated rings. The minimum atomic E-state index is -0.409. The molecule has 2 atom stereocenters. The summed E-state index contributed by atoms with van der Waals surface area (Å²) >= 11 is 0. The van der Waals surface area contributed by atoms with Crippen LogP contribution in [0.15, 0.2) is 18.2 Å². The Morgan fingerprint density at radius 1 is 1.06 bits per heavy atom. The van der Waals surface area contributed by atoms with E-state index in [9.17, 15) is 14.9 Å². The number of carbonyl (C=O) groups excluding carboxylic acids is 1. The summed E-state index contributed by atoms with van der Waals surface area (Å²) in [7, 11) is 0. The van der Waals surface area contributed by atoms with E-state index in [0.29, 0.717) is 24.6 Å². The summed E-state index contributed by atoms with van der Waals surface area (Å²) in [6.07, 6.45) is 5.86. The zero-order valence-electron chi connectivity index (χ0n) is 19.4. The number of piperidine rings is 2. The van der Waals surface area contributed by atoms with Crippen molar-refractivity contribution in [1.82, 2.24) is 9.80 Å². The highest BCUT2D eigenvalue weighted by atomic mass is 16.6. The number of nitro groups is 1. The molecular weight excluding hydrogens is 408 g/mol. The number of rotatable bonds is 5. The van der Waals surface area contributed by atoms with Gasteiger partial charge >= 0.3 is 0 Å². The molecule has 0 N–H and O–H groups in total. The minimum Gasteiger partial charge on any atom is -0.373 e.